The molecule has 0 saturated carbocycles. The Hall–Kier alpha value is -1.62. The minimum absolute atomic E-state index is 0.688. The fourth-order valence-corrected chi connectivity index (χ4v) is 1.14. The predicted octanol–water partition coefficient (Wildman–Crippen LogP) is 2.52. The molecule has 74 valence electrons. The highest BCUT2D eigenvalue weighted by molar-refractivity contribution is 5.48. The summed E-state index contributed by atoms with van der Waals surface area (Å²) >= 11 is 0. The summed E-state index contributed by atoms with van der Waals surface area (Å²) in [6.45, 7) is 3.46. The first-order valence-corrected chi connectivity index (χ1v) is 4.77. The van der Waals surface area contributed by atoms with Crippen molar-refractivity contribution in [2.75, 3.05) is 18.5 Å². The molecule has 0 aromatic heterocycles. The van der Waals surface area contributed by atoms with Gasteiger partial charge in [-0.25, -0.2) is 0 Å². The maximum absolute atomic E-state index is 5.37. The number of anilines is 1. The van der Waals surface area contributed by atoms with Gasteiger partial charge in [0, 0.05) is 24.7 Å². The summed E-state index contributed by atoms with van der Waals surface area (Å²) in [7, 11) is 0. The molecule has 2 nitrogen and oxygen atoms in total. The zero-order chi connectivity index (χ0) is 10.2. The van der Waals surface area contributed by atoms with Crippen LogP contribution in [0.5, 0.6) is 5.75 Å². The number of terminal acetylenes is 1. The molecule has 0 amide bonds. The second-order valence-electron chi connectivity index (χ2n) is 2.84. The van der Waals surface area contributed by atoms with Crippen LogP contribution in [0.4, 0.5) is 5.69 Å². The minimum atomic E-state index is 0.688. The lowest BCUT2D eigenvalue weighted by atomic mass is 10.3. The van der Waals surface area contributed by atoms with Gasteiger partial charge in [0.1, 0.15) is 5.75 Å². The Balaban J connectivity index is 2.51. The van der Waals surface area contributed by atoms with Crippen molar-refractivity contribution < 1.29 is 4.74 Å². The number of nitrogens with one attached hydrogen (secondary N) is 1. The van der Waals surface area contributed by atoms with Crippen LogP contribution < -0.4 is 10.1 Å². The molecule has 0 radical (unpaired) electrons. The van der Waals surface area contributed by atoms with Crippen molar-refractivity contribution in [1.82, 2.24) is 0 Å². The van der Waals surface area contributed by atoms with E-state index in [1.165, 1.54) is 0 Å². The smallest absolute Gasteiger partial charge is 0.121 e. The first-order chi connectivity index (χ1) is 6.86. The second-order valence-corrected chi connectivity index (χ2v) is 2.84. The molecule has 1 aromatic rings. The third kappa shape index (κ3) is 3.40. The molecule has 0 spiro atoms. The third-order valence-electron chi connectivity index (χ3n) is 1.74. The summed E-state index contributed by atoms with van der Waals surface area (Å²) in [4.78, 5) is 0. The topological polar surface area (TPSA) is 21.3 Å². The highest BCUT2D eigenvalue weighted by Crippen LogP contribution is 2.16. The third-order valence-corrected chi connectivity index (χ3v) is 1.74. The SMILES string of the molecule is C#CCCNc1cccc(OCC)c1. The van der Waals surface area contributed by atoms with E-state index in [0.717, 1.165) is 24.4 Å². The van der Waals surface area contributed by atoms with Crippen LogP contribution in [-0.2, 0) is 0 Å². The van der Waals surface area contributed by atoms with E-state index >= 15 is 0 Å². The van der Waals surface area contributed by atoms with E-state index in [1.54, 1.807) is 0 Å². The van der Waals surface area contributed by atoms with Crippen LogP contribution >= 0.6 is 0 Å². The maximum Gasteiger partial charge on any atom is 0.121 e. The molecule has 0 saturated heterocycles. The summed E-state index contributed by atoms with van der Waals surface area (Å²) in [5.74, 6) is 3.47. The number of ether oxygens (including phenoxy) is 1. The van der Waals surface area contributed by atoms with Crippen LogP contribution in [0.15, 0.2) is 24.3 Å². The maximum atomic E-state index is 5.37. The Morgan fingerprint density at radius 1 is 1.50 bits per heavy atom. The highest BCUT2D eigenvalue weighted by Gasteiger charge is 1.94. The van der Waals surface area contributed by atoms with Gasteiger partial charge in [0.2, 0.25) is 0 Å². The molecule has 14 heavy (non-hydrogen) atoms. The normalized spacial score (nSPS) is 9.14. The van der Waals surface area contributed by atoms with Crippen LogP contribution in [0.3, 0.4) is 0 Å². The van der Waals surface area contributed by atoms with E-state index in [2.05, 4.69) is 11.2 Å². The Kier molecular flexibility index (Phi) is 4.43. The molecule has 0 aliphatic rings. The summed E-state index contributed by atoms with van der Waals surface area (Å²) < 4.78 is 5.37. The number of rotatable bonds is 5. The van der Waals surface area contributed by atoms with Gasteiger partial charge in [-0.05, 0) is 19.1 Å². The molecule has 0 unspecified atom stereocenters. The van der Waals surface area contributed by atoms with E-state index < -0.39 is 0 Å². The molecular weight excluding hydrogens is 174 g/mol. The summed E-state index contributed by atoms with van der Waals surface area (Å²) in [6, 6.07) is 7.87. The predicted molar refractivity (Wildman–Crippen MR) is 59.6 cm³/mol. The zero-order valence-electron chi connectivity index (χ0n) is 8.42. The molecule has 1 aromatic carbocycles. The molecule has 1 N–H and O–H groups in total. The largest absolute Gasteiger partial charge is 0.494 e. The Morgan fingerprint density at radius 3 is 3.07 bits per heavy atom. The van der Waals surface area contributed by atoms with Crippen molar-refractivity contribution >= 4 is 5.69 Å². The number of benzene rings is 1. The lowest BCUT2D eigenvalue weighted by molar-refractivity contribution is 0.340. The first-order valence-electron chi connectivity index (χ1n) is 4.77. The van der Waals surface area contributed by atoms with Crippen molar-refractivity contribution in [3.05, 3.63) is 24.3 Å². The average Bonchev–Trinajstić information content (AvgIpc) is 2.19. The van der Waals surface area contributed by atoms with Gasteiger partial charge in [0.25, 0.3) is 0 Å². The molecule has 1 rings (SSSR count). The monoisotopic (exact) mass is 189 g/mol. The van der Waals surface area contributed by atoms with Crippen molar-refractivity contribution in [2.24, 2.45) is 0 Å². The van der Waals surface area contributed by atoms with Gasteiger partial charge in [0.05, 0.1) is 6.61 Å². The van der Waals surface area contributed by atoms with Gasteiger partial charge in [-0.15, -0.1) is 12.3 Å². The van der Waals surface area contributed by atoms with Crippen molar-refractivity contribution in [2.45, 2.75) is 13.3 Å². The summed E-state index contributed by atoms with van der Waals surface area (Å²) in [5, 5.41) is 3.22. The van der Waals surface area contributed by atoms with Gasteiger partial charge in [0.15, 0.2) is 0 Å². The Morgan fingerprint density at radius 2 is 2.36 bits per heavy atom. The van der Waals surface area contributed by atoms with Crippen LogP contribution in [0.2, 0.25) is 0 Å². The highest BCUT2D eigenvalue weighted by atomic mass is 16.5. The van der Waals surface area contributed by atoms with Crippen molar-refractivity contribution in [1.29, 1.82) is 0 Å². The fraction of sp³-hybridized carbons (Fsp3) is 0.333. The first kappa shape index (κ1) is 10.5. The van der Waals surface area contributed by atoms with Crippen LogP contribution in [-0.4, -0.2) is 13.2 Å². The number of hydrogen-bond acceptors (Lipinski definition) is 2. The van der Waals surface area contributed by atoms with E-state index in [4.69, 9.17) is 11.2 Å². The van der Waals surface area contributed by atoms with Crippen molar-refractivity contribution in [3.63, 3.8) is 0 Å². The standard InChI is InChI=1S/C12H15NO/c1-3-5-9-13-11-7-6-8-12(10-11)14-4-2/h1,6-8,10,13H,4-5,9H2,2H3. The lowest BCUT2D eigenvalue weighted by Crippen LogP contribution is -2.00. The average molecular weight is 189 g/mol. The number of hydrogen-bond donors (Lipinski definition) is 1. The lowest BCUT2D eigenvalue weighted by Gasteiger charge is -2.07. The zero-order valence-corrected chi connectivity index (χ0v) is 8.42. The molecule has 2 heteroatoms. The minimum Gasteiger partial charge on any atom is -0.494 e. The van der Waals surface area contributed by atoms with Gasteiger partial charge >= 0.3 is 0 Å². The molecule has 0 heterocycles. The molecule has 0 aliphatic heterocycles. The second kappa shape index (κ2) is 5.93. The van der Waals surface area contributed by atoms with Gasteiger partial charge in [-0.1, -0.05) is 6.07 Å². The van der Waals surface area contributed by atoms with Crippen molar-refractivity contribution in [3.8, 4) is 18.1 Å². The molecular formula is C12H15NO. The van der Waals surface area contributed by atoms with Gasteiger partial charge in [-0.3, -0.25) is 0 Å². The van der Waals surface area contributed by atoms with E-state index in [9.17, 15) is 0 Å². The Labute approximate surface area is 85.3 Å². The quantitative estimate of drug-likeness (QED) is 0.567. The van der Waals surface area contributed by atoms with Gasteiger partial charge < -0.3 is 10.1 Å². The summed E-state index contributed by atoms with van der Waals surface area (Å²) in [6.07, 6.45) is 5.89. The van der Waals surface area contributed by atoms with Crippen LogP contribution in [0, 0.1) is 12.3 Å². The van der Waals surface area contributed by atoms with Gasteiger partial charge in [-0.2, -0.15) is 0 Å². The van der Waals surface area contributed by atoms with E-state index in [-0.39, 0.29) is 0 Å². The summed E-state index contributed by atoms with van der Waals surface area (Å²) in [5.41, 5.74) is 1.05. The van der Waals surface area contributed by atoms with Crippen LogP contribution in [0.25, 0.3) is 0 Å². The Bertz CT molecular complexity index is 314. The molecule has 0 aliphatic carbocycles. The van der Waals surface area contributed by atoms with E-state index in [0.29, 0.717) is 6.61 Å². The fourth-order valence-electron chi connectivity index (χ4n) is 1.14. The molecule has 0 fully saturated rings. The van der Waals surface area contributed by atoms with Crippen LogP contribution in [0.1, 0.15) is 13.3 Å². The van der Waals surface area contributed by atoms with E-state index in [1.807, 2.05) is 31.2 Å². The molecule has 0 bridgehead atoms. The molecule has 0 atom stereocenters.